The molecular formula is C16H22N2O2Si. The molecular weight excluding hydrogens is 280 g/mol. The van der Waals surface area contributed by atoms with Crippen LogP contribution in [0.25, 0.3) is 11.3 Å². The third-order valence-electron chi connectivity index (χ3n) is 3.17. The zero-order valence-electron chi connectivity index (χ0n) is 13.2. The third kappa shape index (κ3) is 3.82. The fourth-order valence-corrected chi connectivity index (χ4v) is 2.75. The van der Waals surface area contributed by atoms with Crippen molar-refractivity contribution in [2.45, 2.75) is 39.3 Å². The Morgan fingerprint density at radius 2 is 1.86 bits per heavy atom. The highest BCUT2D eigenvalue weighted by Crippen LogP contribution is 2.33. The number of hydrogen-bond acceptors (Lipinski definition) is 3. The van der Waals surface area contributed by atoms with Gasteiger partial charge < -0.3 is 4.43 Å². The van der Waals surface area contributed by atoms with Gasteiger partial charge >= 0.3 is 0 Å². The summed E-state index contributed by atoms with van der Waals surface area (Å²) >= 11 is 0. The highest BCUT2D eigenvalue weighted by atomic mass is 28.3. The van der Waals surface area contributed by atoms with Crippen LogP contribution in [0.15, 0.2) is 35.1 Å². The summed E-state index contributed by atoms with van der Waals surface area (Å²) in [6, 6.07) is 9.41. The van der Waals surface area contributed by atoms with Crippen LogP contribution < -0.4 is 9.99 Å². The van der Waals surface area contributed by atoms with Crippen molar-refractivity contribution in [3.05, 3.63) is 46.2 Å². The summed E-state index contributed by atoms with van der Waals surface area (Å²) in [7, 11) is -1.23. The summed E-state index contributed by atoms with van der Waals surface area (Å²) in [5, 5.41) is 6.58. The Morgan fingerprint density at radius 1 is 1.14 bits per heavy atom. The van der Waals surface area contributed by atoms with E-state index in [-0.39, 0.29) is 11.0 Å². The Bertz CT molecular complexity index is 667. The van der Waals surface area contributed by atoms with Crippen LogP contribution in [-0.4, -0.2) is 19.2 Å². The number of nitrogens with one attached hydrogen (secondary N) is 1. The molecule has 5 heteroatoms. The zero-order valence-corrected chi connectivity index (χ0v) is 14.4. The van der Waals surface area contributed by atoms with Crippen molar-refractivity contribution in [3.63, 3.8) is 0 Å². The van der Waals surface area contributed by atoms with Crippen molar-refractivity contribution < 1.29 is 4.43 Å². The van der Waals surface area contributed by atoms with E-state index in [0.29, 0.717) is 0 Å². The number of nitrogens with zero attached hydrogens (tertiary/aromatic N) is 1. The second kappa shape index (κ2) is 5.85. The molecule has 0 amide bonds. The van der Waals surface area contributed by atoms with Gasteiger partial charge in [-0.15, -0.1) is 0 Å². The summed E-state index contributed by atoms with van der Waals surface area (Å²) in [5.41, 5.74) is 2.72. The molecule has 0 aliphatic carbocycles. The maximum atomic E-state index is 11.2. The molecule has 4 nitrogen and oxygen atoms in total. The van der Waals surface area contributed by atoms with Crippen LogP contribution >= 0.6 is 0 Å². The van der Waals surface area contributed by atoms with Gasteiger partial charge in [0.2, 0.25) is 9.04 Å². The van der Waals surface area contributed by atoms with Crippen molar-refractivity contribution >= 4 is 9.04 Å². The van der Waals surface area contributed by atoms with Crippen molar-refractivity contribution in [1.82, 2.24) is 10.2 Å². The number of H-pyrrole nitrogens is 1. The van der Waals surface area contributed by atoms with Crippen molar-refractivity contribution in [1.29, 1.82) is 0 Å². The highest BCUT2D eigenvalue weighted by Gasteiger charge is 2.18. The second-order valence-electron chi connectivity index (χ2n) is 6.43. The van der Waals surface area contributed by atoms with Gasteiger partial charge in [-0.1, -0.05) is 26.8 Å². The number of rotatable bonds is 3. The lowest BCUT2D eigenvalue weighted by atomic mass is 9.86. The number of aromatic amines is 1. The van der Waals surface area contributed by atoms with E-state index >= 15 is 0 Å². The van der Waals surface area contributed by atoms with Gasteiger partial charge in [-0.2, -0.15) is 5.10 Å². The van der Waals surface area contributed by atoms with E-state index in [0.717, 1.165) is 17.0 Å². The van der Waals surface area contributed by atoms with Crippen LogP contribution in [0.1, 0.15) is 26.3 Å². The molecule has 2 rings (SSSR count). The average Bonchev–Trinajstić information content (AvgIpc) is 2.38. The predicted molar refractivity (Wildman–Crippen MR) is 88.5 cm³/mol. The minimum Gasteiger partial charge on any atom is -0.547 e. The molecule has 0 saturated carbocycles. The third-order valence-corrected chi connectivity index (χ3v) is 3.89. The summed E-state index contributed by atoms with van der Waals surface area (Å²) in [5.74, 6) is 0.851. The van der Waals surface area contributed by atoms with Crippen molar-refractivity contribution in [2.24, 2.45) is 0 Å². The minimum absolute atomic E-state index is 0.0631. The van der Waals surface area contributed by atoms with Crippen LogP contribution in [0.5, 0.6) is 5.75 Å². The highest BCUT2D eigenvalue weighted by molar-refractivity contribution is 6.49. The lowest BCUT2D eigenvalue weighted by Crippen LogP contribution is -2.15. The van der Waals surface area contributed by atoms with E-state index in [1.807, 2.05) is 6.07 Å². The number of aromatic nitrogens is 2. The molecule has 0 radical (unpaired) electrons. The number of benzene rings is 1. The smallest absolute Gasteiger partial charge is 0.264 e. The Balaban J connectivity index is 2.54. The van der Waals surface area contributed by atoms with Crippen LogP contribution in [0.4, 0.5) is 0 Å². The van der Waals surface area contributed by atoms with E-state index in [2.05, 4.69) is 56.2 Å². The van der Waals surface area contributed by atoms with Gasteiger partial charge in [-0.05, 0) is 42.3 Å². The van der Waals surface area contributed by atoms with E-state index < -0.39 is 9.04 Å². The molecule has 1 aromatic heterocycles. The minimum atomic E-state index is -1.23. The summed E-state index contributed by atoms with van der Waals surface area (Å²) in [6.45, 7) is 10.8. The van der Waals surface area contributed by atoms with Gasteiger partial charge in [0, 0.05) is 11.6 Å². The van der Waals surface area contributed by atoms with Gasteiger partial charge in [-0.3, -0.25) is 4.79 Å². The molecule has 0 atom stereocenters. The standard InChI is InChI=1S/C16H22N2O2Si/c1-16(2,3)11-6-7-12(14(10-11)20-21(4)5)13-8-9-15(19)18-17-13/h6-10,21H,1-5H3,(H,18,19). The molecule has 0 spiro atoms. The molecule has 0 bridgehead atoms. The molecule has 0 unspecified atom stereocenters. The molecule has 112 valence electrons. The fourth-order valence-electron chi connectivity index (χ4n) is 2.05. The summed E-state index contributed by atoms with van der Waals surface area (Å²) < 4.78 is 6.07. The Hall–Kier alpha value is -1.88. The quantitative estimate of drug-likeness (QED) is 0.886. The first kappa shape index (κ1) is 15.5. The van der Waals surface area contributed by atoms with E-state index in [1.165, 1.54) is 11.6 Å². The van der Waals surface area contributed by atoms with Crippen LogP contribution in [0.2, 0.25) is 13.1 Å². The monoisotopic (exact) mass is 302 g/mol. The molecule has 0 saturated heterocycles. The molecule has 0 fully saturated rings. The van der Waals surface area contributed by atoms with E-state index in [4.69, 9.17) is 4.43 Å². The summed E-state index contributed by atoms with van der Waals surface area (Å²) in [6.07, 6.45) is 0. The maximum absolute atomic E-state index is 11.2. The van der Waals surface area contributed by atoms with Crippen molar-refractivity contribution in [2.75, 3.05) is 0 Å². The predicted octanol–water partition coefficient (Wildman–Crippen LogP) is 3.10. The Labute approximate surface area is 126 Å². The van der Waals surface area contributed by atoms with Gasteiger partial charge in [0.05, 0.1) is 5.69 Å². The molecule has 0 aliphatic rings. The molecule has 1 aromatic carbocycles. The van der Waals surface area contributed by atoms with Crippen LogP contribution in [-0.2, 0) is 5.41 Å². The van der Waals surface area contributed by atoms with Gasteiger partial charge in [-0.25, -0.2) is 5.10 Å². The SMILES string of the molecule is C[SiH](C)Oc1cc(C(C)(C)C)ccc1-c1ccc(=O)[nH]n1. The van der Waals surface area contributed by atoms with Gasteiger partial charge in [0.1, 0.15) is 5.75 Å². The molecule has 2 aromatic rings. The van der Waals surface area contributed by atoms with Gasteiger partial charge in [0.15, 0.2) is 0 Å². The molecule has 1 N–H and O–H groups in total. The molecule has 21 heavy (non-hydrogen) atoms. The first-order valence-electron chi connectivity index (χ1n) is 7.14. The lowest BCUT2D eigenvalue weighted by molar-refractivity contribution is 0.561. The van der Waals surface area contributed by atoms with E-state index in [9.17, 15) is 4.79 Å². The second-order valence-corrected chi connectivity index (χ2v) is 8.77. The first-order chi connectivity index (χ1) is 9.77. The maximum Gasteiger partial charge on any atom is 0.264 e. The number of hydrogen-bond donors (Lipinski definition) is 1. The largest absolute Gasteiger partial charge is 0.547 e. The zero-order chi connectivity index (χ0) is 15.6. The summed E-state index contributed by atoms with van der Waals surface area (Å²) in [4.78, 5) is 11.2. The topological polar surface area (TPSA) is 55.0 Å². The van der Waals surface area contributed by atoms with Crippen LogP contribution in [0.3, 0.4) is 0 Å². The average molecular weight is 302 g/mol. The Morgan fingerprint density at radius 3 is 2.38 bits per heavy atom. The molecule has 0 aliphatic heterocycles. The normalized spacial score (nSPS) is 11.7. The van der Waals surface area contributed by atoms with E-state index in [1.54, 1.807) is 6.07 Å². The van der Waals surface area contributed by atoms with Crippen LogP contribution in [0, 0.1) is 0 Å². The Kier molecular flexibility index (Phi) is 4.32. The van der Waals surface area contributed by atoms with Crippen molar-refractivity contribution in [3.8, 4) is 17.0 Å². The van der Waals surface area contributed by atoms with Gasteiger partial charge in [0.25, 0.3) is 5.56 Å². The molecule has 1 heterocycles. The fraction of sp³-hybridized carbons (Fsp3) is 0.375. The first-order valence-corrected chi connectivity index (χ1v) is 9.93. The lowest BCUT2D eigenvalue weighted by Gasteiger charge is -2.22.